The maximum Gasteiger partial charge on any atom is 0.263 e. The minimum atomic E-state index is -4.03. The molecule has 1 amide bonds. The number of pyridine rings is 1. The molecule has 0 aliphatic rings. The normalized spacial score (nSPS) is 11.0. The molecule has 0 spiro atoms. The average Bonchev–Trinajstić information content (AvgIpc) is 2.43. The molecule has 116 valence electrons. The minimum absolute atomic E-state index is 0.0573. The van der Waals surface area contributed by atoms with Crippen LogP contribution in [0.5, 0.6) is 0 Å². The number of nitrogens with one attached hydrogen (secondary N) is 2. The molecule has 1 aromatic carbocycles. The van der Waals surface area contributed by atoms with Gasteiger partial charge in [-0.3, -0.25) is 9.52 Å². The van der Waals surface area contributed by atoms with Crippen LogP contribution in [-0.2, 0) is 14.8 Å². The summed E-state index contributed by atoms with van der Waals surface area (Å²) in [6, 6.07) is 6.04. The molecular formula is C13H11ClFN3O3S. The van der Waals surface area contributed by atoms with Gasteiger partial charge in [0, 0.05) is 13.1 Å². The Morgan fingerprint density at radius 3 is 2.68 bits per heavy atom. The summed E-state index contributed by atoms with van der Waals surface area (Å²) >= 11 is 5.58. The quantitative estimate of drug-likeness (QED) is 0.893. The Morgan fingerprint density at radius 1 is 1.32 bits per heavy atom. The van der Waals surface area contributed by atoms with E-state index in [1.54, 1.807) is 0 Å². The maximum atomic E-state index is 13.1. The van der Waals surface area contributed by atoms with E-state index in [2.05, 4.69) is 15.0 Å². The lowest BCUT2D eigenvalue weighted by Gasteiger charge is -2.11. The number of aromatic nitrogens is 1. The van der Waals surface area contributed by atoms with Crippen LogP contribution in [0.3, 0.4) is 0 Å². The lowest BCUT2D eigenvalue weighted by Crippen LogP contribution is -2.17. The highest BCUT2D eigenvalue weighted by molar-refractivity contribution is 7.92. The Balaban J connectivity index is 2.36. The van der Waals surface area contributed by atoms with Gasteiger partial charge in [0.15, 0.2) is 5.82 Å². The van der Waals surface area contributed by atoms with Crippen molar-refractivity contribution >= 4 is 39.0 Å². The third kappa shape index (κ3) is 3.71. The summed E-state index contributed by atoms with van der Waals surface area (Å²) in [5.74, 6) is -1.16. The van der Waals surface area contributed by atoms with Crippen molar-refractivity contribution < 1.29 is 17.6 Å². The number of benzene rings is 1. The van der Waals surface area contributed by atoms with E-state index in [1.165, 1.54) is 25.3 Å². The van der Waals surface area contributed by atoms with Gasteiger partial charge in [0.05, 0.1) is 15.6 Å². The first-order chi connectivity index (χ1) is 10.3. The molecule has 0 radical (unpaired) electrons. The molecular weight excluding hydrogens is 333 g/mol. The highest BCUT2D eigenvalue weighted by atomic mass is 35.5. The van der Waals surface area contributed by atoms with Crippen molar-refractivity contribution in [3.8, 4) is 0 Å². The molecule has 2 aromatic rings. The second kappa shape index (κ2) is 6.29. The lowest BCUT2D eigenvalue weighted by atomic mass is 10.3. The first-order valence-corrected chi connectivity index (χ1v) is 7.86. The average molecular weight is 344 g/mol. The van der Waals surface area contributed by atoms with Crippen LogP contribution in [0.2, 0.25) is 5.02 Å². The van der Waals surface area contributed by atoms with E-state index >= 15 is 0 Å². The molecule has 0 unspecified atom stereocenters. The summed E-state index contributed by atoms with van der Waals surface area (Å²) in [6.45, 7) is 1.28. The number of hydrogen-bond donors (Lipinski definition) is 2. The molecule has 0 bridgehead atoms. The van der Waals surface area contributed by atoms with Crippen LogP contribution in [0.4, 0.5) is 15.9 Å². The van der Waals surface area contributed by atoms with E-state index in [-0.39, 0.29) is 27.3 Å². The zero-order chi connectivity index (χ0) is 16.3. The predicted molar refractivity (Wildman–Crippen MR) is 80.8 cm³/mol. The topological polar surface area (TPSA) is 88.2 Å². The molecule has 1 aromatic heterocycles. The first-order valence-electron chi connectivity index (χ1n) is 6.00. The Hall–Kier alpha value is -2.19. The number of rotatable bonds is 4. The largest absolute Gasteiger partial charge is 0.323 e. The molecule has 9 heteroatoms. The summed E-state index contributed by atoms with van der Waals surface area (Å²) < 4.78 is 39.9. The van der Waals surface area contributed by atoms with E-state index in [0.29, 0.717) is 0 Å². The zero-order valence-corrected chi connectivity index (χ0v) is 12.9. The second-order valence-corrected chi connectivity index (χ2v) is 6.35. The van der Waals surface area contributed by atoms with Gasteiger partial charge in [0.2, 0.25) is 5.91 Å². The number of amides is 1. The minimum Gasteiger partial charge on any atom is -0.323 e. The van der Waals surface area contributed by atoms with Crippen LogP contribution in [-0.4, -0.2) is 19.3 Å². The highest BCUT2D eigenvalue weighted by Gasteiger charge is 2.18. The number of hydrogen-bond acceptors (Lipinski definition) is 4. The van der Waals surface area contributed by atoms with Gasteiger partial charge in [0.1, 0.15) is 5.82 Å². The molecule has 0 aliphatic heterocycles. The van der Waals surface area contributed by atoms with Gasteiger partial charge in [-0.2, -0.15) is 0 Å². The fourth-order valence-corrected chi connectivity index (χ4v) is 2.91. The monoisotopic (exact) mass is 343 g/mol. The SMILES string of the molecule is CC(=O)Nc1cccnc1NS(=O)(=O)c1ccc(F)c(Cl)c1. The molecule has 2 rings (SSSR count). The number of halogens is 2. The van der Waals surface area contributed by atoms with E-state index in [4.69, 9.17) is 11.6 Å². The molecule has 22 heavy (non-hydrogen) atoms. The van der Waals surface area contributed by atoms with Crippen LogP contribution < -0.4 is 10.0 Å². The van der Waals surface area contributed by atoms with Crippen LogP contribution in [0.1, 0.15) is 6.92 Å². The Morgan fingerprint density at radius 2 is 2.05 bits per heavy atom. The third-order valence-electron chi connectivity index (χ3n) is 2.55. The van der Waals surface area contributed by atoms with Gasteiger partial charge in [-0.05, 0) is 30.3 Å². The van der Waals surface area contributed by atoms with Crippen molar-refractivity contribution in [1.29, 1.82) is 0 Å². The number of carbonyl (C=O) groups is 1. The highest BCUT2D eigenvalue weighted by Crippen LogP contribution is 2.24. The maximum absolute atomic E-state index is 13.1. The summed E-state index contributed by atoms with van der Waals surface area (Å²) in [4.78, 5) is 14.8. The van der Waals surface area contributed by atoms with Crippen molar-refractivity contribution in [2.45, 2.75) is 11.8 Å². The molecule has 0 fully saturated rings. The van der Waals surface area contributed by atoms with Crippen LogP contribution >= 0.6 is 11.6 Å². The Kier molecular flexibility index (Phi) is 4.62. The van der Waals surface area contributed by atoms with E-state index < -0.39 is 15.8 Å². The van der Waals surface area contributed by atoms with Gasteiger partial charge >= 0.3 is 0 Å². The third-order valence-corrected chi connectivity index (χ3v) is 4.18. The molecule has 0 atom stereocenters. The summed E-state index contributed by atoms with van der Waals surface area (Å²) in [5.41, 5.74) is 0.201. The van der Waals surface area contributed by atoms with E-state index in [0.717, 1.165) is 18.2 Å². The fraction of sp³-hybridized carbons (Fsp3) is 0.0769. The summed E-state index contributed by atoms with van der Waals surface area (Å²) in [6.07, 6.45) is 1.36. The smallest absolute Gasteiger partial charge is 0.263 e. The number of nitrogens with zero attached hydrogens (tertiary/aromatic N) is 1. The van der Waals surface area contributed by atoms with Crippen molar-refractivity contribution in [3.05, 3.63) is 47.4 Å². The van der Waals surface area contributed by atoms with Crippen molar-refractivity contribution in [2.24, 2.45) is 0 Å². The van der Waals surface area contributed by atoms with Crippen LogP contribution in [0, 0.1) is 5.82 Å². The number of sulfonamides is 1. The second-order valence-electron chi connectivity index (χ2n) is 4.26. The molecule has 6 nitrogen and oxygen atoms in total. The summed E-state index contributed by atoms with van der Waals surface area (Å²) in [5, 5.41) is 2.14. The van der Waals surface area contributed by atoms with Crippen molar-refractivity contribution in [1.82, 2.24) is 4.98 Å². The predicted octanol–water partition coefficient (Wildman–Crippen LogP) is 2.63. The summed E-state index contributed by atoms with van der Waals surface area (Å²) in [7, 11) is -4.03. The number of carbonyl (C=O) groups excluding carboxylic acids is 1. The first kappa shape index (κ1) is 16.2. The van der Waals surface area contributed by atoms with Crippen molar-refractivity contribution in [2.75, 3.05) is 10.0 Å². The molecule has 0 saturated carbocycles. The van der Waals surface area contributed by atoms with Gasteiger partial charge in [0.25, 0.3) is 10.0 Å². The molecule has 1 heterocycles. The van der Waals surface area contributed by atoms with Crippen LogP contribution in [0.15, 0.2) is 41.4 Å². The zero-order valence-electron chi connectivity index (χ0n) is 11.3. The Labute approximate surface area is 131 Å². The fourth-order valence-electron chi connectivity index (χ4n) is 1.61. The van der Waals surface area contributed by atoms with E-state index in [1.807, 2.05) is 0 Å². The van der Waals surface area contributed by atoms with E-state index in [9.17, 15) is 17.6 Å². The number of anilines is 2. The molecule has 0 saturated heterocycles. The molecule has 2 N–H and O–H groups in total. The standard InChI is InChI=1S/C13H11ClFN3O3S/c1-8(19)17-12-3-2-6-16-13(12)18-22(20,21)9-4-5-11(15)10(14)7-9/h2-7H,1H3,(H,16,18)(H,17,19). The van der Waals surface area contributed by atoms with Gasteiger partial charge in [-0.15, -0.1) is 0 Å². The lowest BCUT2D eigenvalue weighted by molar-refractivity contribution is -0.114. The molecule has 0 aliphatic carbocycles. The van der Waals surface area contributed by atoms with Crippen molar-refractivity contribution in [3.63, 3.8) is 0 Å². The van der Waals surface area contributed by atoms with Gasteiger partial charge in [-0.25, -0.2) is 17.8 Å². The Bertz CT molecular complexity index is 827. The van der Waals surface area contributed by atoms with Crippen LogP contribution in [0.25, 0.3) is 0 Å². The van der Waals surface area contributed by atoms with Gasteiger partial charge in [-0.1, -0.05) is 11.6 Å². The van der Waals surface area contributed by atoms with Gasteiger partial charge < -0.3 is 5.32 Å².